The van der Waals surface area contributed by atoms with E-state index in [1.165, 1.54) is 11.8 Å². The maximum Gasteiger partial charge on any atom is 0.364 e. The summed E-state index contributed by atoms with van der Waals surface area (Å²) in [6.45, 7) is 0. The summed E-state index contributed by atoms with van der Waals surface area (Å²) >= 11 is 7.79. The number of ether oxygens (including phenoxy) is 1. The molecular formula is C20H14ClN3O2S. The lowest BCUT2D eigenvalue weighted by molar-refractivity contribution is 0.0731. The van der Waals surface area contributed by atoms with Gasteiger partial charge in [0.15, 0.2) is 10.9 Å². The Morgan fingerprint density at radius 2 is 2.04 bits per heavy atom. The second-order valence-corrected chi connectivity index (χ2v) is 6.86. The summed E-state index contributed by atoms with van der Waals surface area (Å²) in [6.07, 6.45) is 7.23. The van der Waals surface area contributed by atoms with Crippen LogP contribution in [-0.4, -0.2) is 26.6 Å². The Labute approximate surface area is 165 Å². The number of thioether (sulfide) groups is 1. The van der Waals surface area contributed by atoms with E-state index in [-0.39, 0.29) is 11.4 Å². The van der Waals surface area contributed by atoms with E-state index in [1.807, 2.05) is 53.3 Å². The summed E-state index contributed by atoms with van der Waals surface area (Å²) in [4.78, 5) is 21.2. The van der Waals surface area contributed by atoms with E-state index >= 15 is 0 Å². The molecule has 0 amide bonds. The molecule has 7 heteroatoms. The standard InChI is InChI=1S/C20H14ClN3O2S/c1-27-20-23-18(16-6-2-3-10-24(16)20)19(25)26-17-8-7-13(11-15(17)21)14-5-4-9-22-12-14/h2-12H,1H3. The monoisotopic (exact) mass is 395 g/mol. The molecule has 0 atom stereocenters. The number of rotatable bonds is 4. The average molecular weight is 396 g/mol. The molecule has 0 radical (unpaired) electrons. The largest absolute Gasteiger partial charge is 0.420 e. The maximum atomic E-state index is 12.7. The third kappa shape index (κ3) is 3.41. The molecule has 0 fully saturated rings. The van der Waals surface area contributed by atoms with Crippen LogP contribution in [0.2, 0.25) is 5.02 Å². The van der Waals surface area contributed by atoms with Gasteiger partial charge in [0.25, 0.3) is 0 Å². The van der Waals surface area contributed by atoms with Crippen molar-refractivity contribution >= 4 is 34.8 Å². The van der Waals surface area contributed by atoms with E-state index in [1.54, 1.807) is 24.5 Å². The Bertz CT molecular complexity index is 1130. The molecule has 5 nitrogen and oxygen atoms in total. The predicted molar refractivity (Wildman–Crippen MR) is 107 cm³/mol. The van der Waals surface area contributed by atoms with Crippen molar-refractivity contribution in [3.63, 3.8) is 0 Å². The third-order valence-electron chi connectivity index (χ3n) is 4.02. The maximum absolute atomic E-state index is 12.7. The van der Waals surface area contributed by atoms with Crippen molar-refractivity contribution in [3.8, 4) is 16.9 Å². The fourth-order valence-corrected chi connectivity index (χ4v) is 3.51. The van der Waals surface area contributed by atoms with Crippen LogP contribution in [0.25, 0.3) is 16.6 Å². The van der Waals surface area contributed by atoms with Crippen molar-refractivity contribution in [2.75, 3.05) is 6.26 Å². The molecule has 0 aliphatic heterocycles. The molecule has 3 heterocycles. The summed E-state index contributed by atoms with van der Waals surface area (Å²) in [7, 11) is 0. The van der Waals surface area contributed by atoms with Gasteiger partial charge in [-0.05, 0) is 42.2 Å². The van der Waals surface area contributed by atoms with Crippen molar-refractivity contribution in [1.29, 1.82) is 0 Å². The van der Waals surface area contributed by atoms with E-state index < -0.39 is 5.97 Å². The Hall–Kier alpha value is -2.83. The van der Waals surface area contributed by atoms with Gasteiger partial charge in [0, 0.05) is 24.2 Å². The second kappa shape index (κ2) is 7.42. The number of carbonyl (C=O) groups excluding carboxylic acids is 1. The minimum Gasteiger partial charge on any atom is -0.420 e. The van der Waals surface area contributed by atoms with Crippen LogP contribution in [0.3, 0.4) is 0 Å². The molecule has 3 aromatic heterocycles. The van der Waals surface area contributed by atoms with Crippen LogP contribution >= 0.6 is 23.4 Å². The number of benzene rings is 1. The predicted octanol–water partition coefficient (Wildman–Crippen LogP) is 4.99. The number of hydrogen-bond donors (Lipinski definition) is 0. The van der Waals surface area contributed by atoms with Crippen LogP contribution in [-0.2, 0) is 0 Å². The Kier molecular flexibility index (Phi) is 4.83. The number of hydrogen-bond acceptors (Lipinski definition) is 5. The van der Waals surface area contributed by atoms with Crippen LogP contribution < -0.4 is 4.74 Å². The molecule has 0 unspecified atom stereocenters. The number of aromatic nitrogens is 3. The number of halogens is 1. The van der Waals surface area contributed by atoms with Crippen LogP contribution in [0.15, 0.2) is 72.3 Å². The number of imidazole rings is 1. The van der Waals surface area contributed by atoms with Gasteiger partial charge in [-0.2, -0.15) is 0 Å². The van der Waals surface area contributed by atoms with Crippen molar-refractivity contribution < 1.29 is 9.53 Å². The highest BCUT2D eigenvalue weighted by Crippen LogP contribution is 2.31. The highest BCUT2D eigenvalue weighted by molar-refractivity contribution is 7.98. The zero-order valence-corrected chi connectivity index (χ0v) is 15.9. The lowest BCUT2D eigenvalue weighted by atomic mass is 10.1. The minimum atomic E-state index is -0.546. The van der Waals surface area contributed by atoms with Gasteiger partial charge in [0.2, 0.25) is 0 Å². The fraction of sp³-hybridized carbons (Fsp3) is 0.0500. The molecule has 27 heavy (non-hydrogen) atoms. The number of fused-ring (bicyclic) bond motifs is 1. The van der Waals surface area contributed by atoms with Crippen molar-refractivity contribution in [3.05, 3.63) is 77.8 Å². The van der Waals surface area contributed by atoms with Gasteiger partial charge < -0.3 is 4.74 Å². The van der Waals surface area contributed by atoms with Gasteiger partial charge in [-0.3, -0.25) is 9.38 Å². The van der Waals surface area contributed by atoms with Crippen LogP contribution in [0.5, 0.6) is 5.75 Å². The van der Waals surface area contributed by atoms with Crippen molar-refractivity contribution in [2.45, 2.75) is 5.16 Å². The molecule has 0 aliphatic carbocycles. The first-order valence-electron chi connectivity index (χ1n) is 8.10. The van der Waals surface area contributed by atoms with Crippen LogP contribution in [0, 0.1) is 0 Å². The number of carbonyl (C=O) groups is 1. The molecule has 0 aliphatic rings. The van der Waals surface area contributed by atoms with Crippen LogP contribution in [0.4, 0.5) is 0 Å². The Morgan fingerprint density at radius 3 is 2.78 bits per heavy atom. The lowest BCUT2D eigenvalue weighted by Crippen LogP contribution is -2.10. The smallest absolute Gasteiger partial charge is 0.364 e. The number of esters is 1. The number of pyridine rings is 2. The molecule has 0 N–H and O–H groups in total. The van der Waals surface area contributed by atoms with Gasteiger partial charge in [0.05, 0.1) is 10.5 Å². The van der Waals surface area contributed by atoms with Crippen molar-refractivity contribution in [2.24, 2.45) is 0 Å². The van der Waals surface area contributed by atoms with Gasteiger partial charge in [0.1, 0.15) is 5.75 Å². The normalized spacial score (nSPS) is 10.9. The summed E-state index contributed by atoms with van der Waals surface area (Å²) in [5, 5.41) is 1.06. The average Bonchev–Trinajstić information content (AvgIpc) is 3.09. The molecular weight excluding hydrogens is 382 g/mol. The van der Waals surface area contributed by atoms with Gasteiger partial charge in [-0.1, -0.05) is 41.6 Å². The first kappa shape index (κ1) is 17.6. The first-order valence-corrected chi connectivity index (χ1v) is 9.71. The highest BCUT2D eigenvalue weighted by atomic mass is 35.5. The van der Waals surface area contributed by atoms with Crippen molar-refractivity contribution in [1.82, 2.24) is 14.4 Å². The molecule has 0 saturated heterocycles. The van der Waals surface area contributed by atoms with Gasteiger partial charge in [-0.25, -0.2) is 9.78 Å². The molecule has 4 rings (SSSR count). The Morgan fingerprint density at radius 1 is 1.15 bits per heavy atom. The quantitative estimate of drug-likeness (QED) is 0.277. The molecule has 4 aromatic rings. The minimum absolute atomic E-state index is 0.257. The summed E-state index contributed by atoms with van der Waals surface area (Å²) in [5.74, 6) is -0.257. The molecule has 0 spiro atoms. The van der Waals surface area contributed by atoms with Gasteiger partial charge >= 0.3 is 5.97 Å². The van der Waals surface area contributed by atoms with E-state index in [4.69, 9.17) is 16.3 Å². The second-order valence-electron chi connectivity index (χ2n) is 5.68. The van der Waals surface area contributed by atoms with E-state index in [9.17, 15) is 4.79 Å². The fourth-order valence-electron chi connectivity index (χ4n) is 2.75. The molecule has 1 aromatic carbocycles. The van der Waals surface area contributed by atoms with E-state index in [0.29, 0.717) is 10.5 Å². The molecule has 0 bridgehead atoms. The van der Waals surface area contributed by atoms with Gasteiger partial charge in [-0.15, -0.1) is 0 Å². The molecule has 134 valence electrons. The van der Waals surface area contributed by atoms with E-state index in [2.05, 4.69) is 9.97 Å². The SMILES string of the molecule is CSc1nc(C(=O)Oc2ccc(-c3cccnc3)cc2Cl)c2ccccn12. The zero-order chi connectivity index (χ0) is 18.8. The summed E-state index contributed by atoms with van der Waals surface area (Å²) in [5.41, 5.74) is 2.77. The lowest BCUT2D eigenvalue weighted by Gasteiger charge is -2.07. The van der Waals surface area contributed by atoms with Crippen LogP contribution in [0.1, 0.15) is 10.5 Å². The number of nitrogens with zero attached hydrogens (tertiary/aromatic N) is 3. The zero-order valence-electron chi connectivity index (χ0n) is 14.3. The summed E-state index contributed by atoms with van der Waals surface area (Å²) < 4.78 is 7.37. The first-order chi connectivity index (χ1) is 13.2. The Balaban J connectivity index is 1.64. The third-order valence-corrected chi connectivity index (χ3v) is 4.97. The topological polar surface area (TPSA) is 56.5 Å². The highest BCUT2D eigenvalue weighted by Gasteiger charge is 2.20. The van der Waals surface area contributed by atoms with E-state index in [0.717, 1.165) is 16.3 Å². The summed E-state index contributed by atoms with van der Waals surface area (Å²) in [6, 6.07) is 14.6. The molecule has 0 saturated carbocycles.